The normalized spacial score (nSPS) is 18.0. The van der Waals surface area contributed by atoms with E-state index in [1.54, 1.807) is 13.0 Å². The van der Waals surface area contributed by atoms with Crippen LogP contribution in [0.4, 0.5) is 10.1 Å². The highest BCUT2D eigenvalue weighted by Gasteiger charge is 2.35. The lowest BCUT2D eigenvalue weighted by atomic mass is 10.1. The van der Waals surface area contributed by atoms with Gasteiger partial charge in [-0.05, 0) is 50.6 Å². The Morgan fingerprint density at radius 2 is 2.07 bits per heavy atom. The van der Waals surface area contributed by atoms with E-state index in [1.165, 1.54) is 29.2 Å². The number of amides is 2. The summed E-state index contributed by atoms with van der Waals surface area (Å²) in [6.45, 7) is 4.16. The molecule has 1 aromatic heterocycles. The molecule has 2 heterocycles. The van der Waals surface area contributed by atoms with Crippen molar-refractivity contribution in [3.63, 3.8) is 0 Å². The molecule has 0 spiro atoms. The highest BCUT2D eigenvalue weighted by molar-refractivity contribution is 6.00. The van der Waals surface area contributed by atoms with Crippen molar-refractivity contribution in [3.8, 4) is 0 Å². The molecule has 2 aromatic rings. The fourth-order valence-corrected chi connectivity index (χ4v) is 3.37. The van der Waals surface area contributed by atoms with Crippen molar-refractivity contribution < 1.29 is 23.5 Å². The maximum absolute atomic E-state index is 13.0. The molecule has 0 aliphatic carbocycles. The quantitative estimate of drug-likeness (QED) is 0.814. The number of halogens is 1. The first-order chi connectivity index (χ1) is 12.8. The number of hydrogen-bond acceptors (Lipinski definition) is 4. The van der Waals surface area contributed by atoms with Crippen LogP contribution in [0, 0.1) is 25.6 Å². The molecule has 7 heteroatoms. The summed E-state index contributed by atoms with van der Waals surface area (Å²) >= 11 is 0. The van der Waals surface area contributed by atoms with E-state index in [2.05, 4.69) is 5.32 Å². The molecule has 3 rings (SSSR count). The molecule has 0 saturated carbocycles. The van der Waals surface area contributed by atoms with Crippen molar-refractivity contribution in [1.29, 1.82) is 0 Å². The standard InChI is InChI=1S/C20H23FN2O4/c1-12-9-17(13(2)27-12)18(24)7-8-22-20(26)14-10-19(25)23(11-14)16-5-3-15(21)4-6-16/h3-6,9,14,18,24H,7-8,10-11H2,1-2H3,(H,22,26)/t14-,18-/m0/s1. The maximum atomic E-state index is 13.0. The second-order valence-corrected chi connectivity index (χ2v) is 6.85. The van der Waals surface area contributed by atoms with Crippen LogP contribution < -0.4 is 10.2 Å². The van der Waals surface area contributed by atoms with Crippen molar-refractivity contribution in [2.75, 3.05) is 18.0 Å². The first kappa shape index (κ1) is 19.1. The van der Waals surface area contributed by atoms with Crippen LogP contribution in [-0.4, -0.2) is 30.0 Å². The second kappa shape index (κ2) is 7.92. The number of aliphatic hydroxyl groups excluding tert-OH is 1. The van der Waals surface area contributed by atoms with Gasteiger partial charge in [-0.3, -0.25) is 9.59 Å². The van der Waals surface area contributed by atoms with Crippen molar-refractivity contribution >= 4 is 17.5 Å². The molecule has 1 saturated heterocycles. The largest absolute Gasteiger partial charge is 0.466 e. The number of hydrogen-bond donors (Lipinski definition) is 2. The van der Waals surface area contributed by atoms with E-state index in [9.17, 15) is 19.1 Å². The van der Waals surface area contributed by atoms with Crippen molar-refractivity contribution in [2.45, 2.75) is 32.8 Å². The molecular formula is C20H23FN2O4. The maximum Gasteiger partial charge on any atom is 0.227 e. The van der Waals surface area contributed by atoms with Crippen LogP contribution in [-0.2, 0) is 9.59 Å². The van der Waals surface area contributed by atoms with E-state index in [1.807, 2.05) is 6.92 Å². The number of benzene rings is 1. The van der Waals surface area contributed by atoms with Gasteiger partial charge in [-0.1, -0.05) is 0 Å². The first-order valence-corrected chi connectivity index (χ1v) is 8.94. The summed E-state index contributed by atoms with van der Waals surface area (Å²) in [6.07, 6.45) is -0.247. The minimum absolute atomic E-state index is 0.117. The minimum Gasteiger partial charge on any atom is -0.466 e. The first-order valence-electron chi connectivity index (χ1n) is 8.94. The van der Waals surface area contributed by atoms with Gasteiger partial charge < -0.3 is 19.7 Å². The number of nitrogens with one attached hydrogen (secondary N) is 1. The number of anilines is 1. The van der Waals surface area contributed by atoms with Crippen molar-refractivity contribution in [2.24, 2.45) is 5.92 Å². The number of aliphatic hydroxyl groups is 1. The van der Waals surface area contributed by atoms with Gasteiger partial charge >= 0.3 is 0 Å². The number of carbonyl (C=O) groups is 2. The number of rotatable bonds is 6. The van der Waals surface area contributed by atoms with Crippen molar-refractivity contribution in [1.82, 2.24) is 5.32 Å². The summed E-state index contributed by atoms with van der Waals surface area (Å²) < 4.78 is 18.4. The Labute approximate surface area is 157 Å². The van der Waals surface area contributed by atoms with Crippen LogP contribution in [0.15, 0.2) is 34.7 Å². The molecule has 1 fully saturated rings. The highest BCUT2D eigenvalue weighted by Crippen LogP contribution is 2.26. The second-order valence-electron chi connectivity index (χ2n) is 6.85. The Bertz CT molecular complexity index is 831. The Morgan fingerprint density at radius 3 is 2.70 bits per heavy atom. The minimum atomic E-state index is -0.719. The van der Waals surface area contributed by atoms with Gasteiger partial charge in [-0.2, -0.15) is 0 Å². The molecular weight excluding hydrogens is 351 g/mol. The third-order valence-electron chi connectivity index (χ3n) is 4.79. The lowest BCUT2D eigenvalue weighted by Crippen LogP contribution is -2.34. The van der Waals surface area contributed by atoms with Crippen LogP contribution >= 0.6 is 0 Å². The van der Waals surface area contributed by atoms with Gasteiger partial charge in [0.2, 0.25) is 11.8 Å². The molecule has 1 aliphatic heterocycles. The molecule has 0 radical (unpaired) electrons. The fourth-order valence-electron chi connectivity index (χ4n) is 3.37. The van der Waals surface area contributed by atoms with Gasteiger partial charge in [0.05, 0.1) is 12.0 Å². The molecule has 144 valence electrons. The van der Waals surface area contributed by atoms with Crippen LogP contribution in [0.25, 0.3) is 0 Å². The van der Waals surface area contributed by atoms with Gasteiger partial charge in [0.25, 0.3) is 0 Å². The summed E-state index contributed by atoms with van der Waals surface area (Å²) in [6, 6.07) is 7.42. The predicted molar refractivity (Wildman–Crippen MR) is 97.6 cm³/mol. The van der Waals surface area contributed by atoms with E-state index in [0.29, 0.717) is 24.4 Å². The number of furan rings is 1. The topological polar surface area (TPSA) is 82.8 Å². The third-order valence-corrected chi connectivity index (χ3v) is 4.79. The smallest absolute Gasteiger partial charge is 0.227 e. The molecule has 1 aliphatic rings. The summed E-state index contributed by atoms with van der Waals surface area (Å²) in [5, 5.41) is 13.0. The Morgan fingerprint density at radius 1 is 1.37 bits per heavy atom. The van der Waals surface area contributed by atoms with Crippen LogP contribution in [0.5, 0.6) is 0 Å². The van der Waals surface area contributed by atoms with Crippen LogP contribution in [0.3, 0.4) is 0 Å². The zero-order valence-electron chi connectivity index (χ0n) is 15.4. The fraction of sp³-hybridized carbons (Fsp3) is 0.400. The lowest BCUT2D eigenvalue weighted by molar-refractivity contribution is -0.126. The molecule has 2 N–H and O–H groups in total. The lowest BCUT2D eigenvalue weighted by Gasteiger charge is -2.17. The highest BCUT2D eigenvalue weighted by atomic mass is 19.1. The average Bonchev–Trinajstić information content (AvgIpc) is 3.17. The van der Waals surface area contributed by atoms with Crippen LogP contribution in [0.1, 0.15) is 36.0 Å². The van der Waals surface area contributed by atoms with Gasteiger partial charge in [-0.15, -0.1) is 0 Å². The zero-order valence-corrected chi connectivity index (χ0v) is 15.4. The number of carbonyl (C=O) groups excluding carboxylic acids is 2. The predicted octanol–water partition coefficient (Wildman–Crippen LogP) is 2.63. The number of nitrogens with zero attached hydrogens (tertiary/aromatic N) is 1. The van der Waals surface area contributed by atoms with E-state index in [0.717, 1.165) is 11.3 Å². The average molecular weight is 374 g/mol. The summed E-state index contributed by atoms with van der Waals surface area (Å²) in [5.41, 5.74) is 1.30. The van der Waals surface area contributed by atoms with Gasteiger partial charge in [0.15, 0.2) is 0 Å². The van der Waals surface area contributed by atoms with Crippen LogP contribution in [0.2, 0.25) is 0 Å². The van der Waals surface area contributed by atoms with Gasteiger partial charge in [0, 0.05) is 30.8 Å². The Kier molecular flexibility index (Phi) is 5.60. The Balaban J connectivity index is 1.51. The summed E-state index contributed by atoms with van der Waals surface area (Å²) in [5.74, 6) is 0.184. The third kappa shape index (κ3) is 4.36. The van der Waals surface area contributed by atoms with E-state index < -0.39 is 12.0 Å². The van der Waals surface area contributed by atoms with E-state index >= 15 is 0 Å². The van der Waals surface area contributed by atoms with Crippen molar-refractivity contribution in [3.05, 3.63) is 53.2 Å². The molecule has 0 unspecified atom stereocenters. The Hall–Kier alpha value is -2.67. The zero-order chi connectivity index (χ0) is 19.6. The summed E-state index contributed by atoms with van der Waals surface area (Å²) in [4.78, 5) is 26.0. The van der Waals surface area contributed by atoms with Gasteiger partial charge in [0.1, 0.15) is 17.3 Å². The molecule has 27 heavy (non-hydrogen) atoms. The van der Waals surface area contributed by atoms with E-state index in [-0.39, 0.29) is 30.6 Å². The molecule has 2 atom stereocenters. The van der Waals surface area contributed by atoms with Gasteiger partial charge in [-0.25, -0.2) is 4.39 Å². The molecule has 6 nitrogen and oxygen atoms in total. The van der Waals surface area contributed by atoms with E-state index in [4.69, 9.17) is 4.42 Å². The molecule has 2 amide bonds. The summed E-state index contributed by atoms with van der Waals surface area (Å²) in [7, 11) is 0. The number of aryl methyl sites for hydroxylation is 2. The SMILES string of the molecule is Cc1cc([C@@H](O)CCNC(=O)[C@H]2CC(=O)N(c3ccc(F)cc3)C2)c(C)o1. The molecule has 0 bridgehead atoms. The molecule has 1 aromatic carbocycles. The monoisotopic (exact) mass is 374 g/mol.